The third-order valence-corrected chi connectivity index (χ3v) is 9.98. The molecule has 4 heteroatoms. The van der Waals surface area contributed by atoms with Gasteiger partial charge in [-0.2, -0.15) is 0 Å². The second-order valence-electron chi connectivity index (χ2n) is 14.3. The smallest absolute Gasteiger partial charge is 0.207 e. The van der Waals surface area contributed by atoms with Gasteiger partial charge in [0.15, 0.2) is 0 Å². The SMILES string of the molecule is CC12CC3CC(C)(C1)CC(NC=O)(C3)C2.CC12CC3CC(C)(C1)CC(NC=O)(C3)C2. The monoisotopic (exact) mass is 414 g/mol. The molecule has 168 valence electrons. The molecule has 8 aliphatic rings. The number of nitrogens with one attached hydrogen (secondary N) is 2. The van der Waals surface area contributed by atoms with Crippen molar-refractivity contribution in [3.63, 3.8) is 0 Å². The van der Waals surface area contributed by atoms with Crippen LogP contribution in [0.4, 0.5) is 0 Å². The van der Waals surface area contributed by atoms with E-state index in [4.69, 9.17) is 0 Å². The molecule has 0 aromatic carbocycles. The number of hydrogen-bond acceptors (Lipinski definition) is 2. The zero-order valence-corrected chi connectivity index (χ0v) is 19.6. The van der Waals surface area contributed by atoms with E-state index in [0.717, 1.165) is 24.7 Å². The van der Waals surface area contributed by atoms with Crippen molar-refractivity contribution >= 4 is 12.8 Å². The van der Waals surface area contributed by atoms with Crippen LogP contribution >= 0.6 is 0 Å². The fourth-order valence-corrected chi connectivity index (χ4v) is 11.5. The van der Waals surface area contributed by atoms with Crippen LogP contribution in [0, 0.1) is 33.5 Å². The van der Waals surface area contributed by atoms with Crippen molar-refractivity contribution in [2.24, 2.45) is 33.5 Å². The van der Waals surface area contributed by atoms with Gasteiger partial charge in [0, 0.05) is 11.1 Å². The first kappa shape index (κ1) is 20.8. The van der Waals surface area contributed by atoms with Gasteiger partial charge >= 0.3 is 0 Å². The minimum Gasteiger partial charge on any atom is -0.353 e. The number of carbonyl (C=O) groups is 2. The summed E-state index contributed by atoms with van der Waals surface area (Å²) < 4.78 is 0. The molecule has 2 amide bonds. The molecule has 8 aliphatic carbocycles. The number of hydrogen-bond donors (Lipinski definition) is 2. The highest BCUT2D eigenvalue weighted by atomic mass is 16.1. The first-order valence-corrected chi connectivity index (χ1v) is 12.4. The van der Waals surface area contributed by atoms with Crippen molar-refractivity contribution in [2.75, 3.05) is 0 Å². The Morgan fingerprint density at radius 3 is 1.07 bits per heavy atom. The Morgan fingerprint density at radius 1 is 0.533 bits per heavy atom. The quantitative estimate of drug-likeness (QED) is 0.639. The lowest BCUT2D eigenvalue weighted by molar-refractivity contribution is -0.132. The second kappa shape index (κ2) is 6.25. The standard InChI is InChI=1S/2C13H21NO/c2*1-11-3-10-4-12(2,6-11)8-13(5-10,7-11)14-9-15/h2*9-10H,3-8H2,1-2H3,(H,14,15). The molecule has 0 heterocycles. The van der Waals surface area contributed by atoms with Gasteiger partial charge in [-0.3, -0.25) is 9.59 Å². The maximum atomic E-state index is 10.8. The minimum atomic E-state index is 0.157. The topological polar surface area (TPSA) is 58.2 Å². The van der Waals surface area contributed by atoms with E-state index in [1.807, 2.05) is 0 Å². The third kappa shape index (κ3) is 3.41. The summed E-state index contributed by atoms with van der Waals surface area (Å²) in [6.07, 6.45) is 17.5. The van der Waals surface area contributed by atoms with E-state index >= 15 is 0 Å². The molecule has 2 N–H and O–H groups in total. The van der Waals surface area contributed by atoms with Crippen LogP contribution in [0.3, 0.4) is 0 Å². The average Bonchev–Trinajstić information content (AvgIpc) is 2.47. The van der Waals surface area contributed by atoms with Crippen molar-refractivity contribution < 1.29 is 9.59 Å². The van der Waals surface area contributed by atoms with Crippen LogP contribution in [0.15, 0.2) is 0 Å². The summed E-state index contributed by atoms with van der Waals surface area (Å²) in [4.78, 5) is 21.6. The molecular formula is C26H42N2O2. The first-order valence-electron chi connectivity index (χ1n) is 12.4. The van der Waals surface area contributed by atoms with E-state index in [-0.39, 0.29) is 11.1 Å². The number of amides is 2. The predicted molar refractivity (Wildman–Crippen MR) is 119 cm³/mol. The second-order valence-corrected chi connectivity index (χ2v) is 14.3. The van der Waals surface area contributed by atoms with Crippen LogP contribution < -0.4 is 10.6 Å². The summed E-state index contributed by atoms with van der Waals surface area (Å²) in [5.74, 6) is 1.73. The fraction of sp³-hybridized carbons (Fsp3) is 0.923. The van der Waals surface area contributed by atoms with E-state index in [1.165, 1.54) is 77.0 Å². The Kier molecular flexibility index (Phi) is 4.34. The molecular weight excluding hydrogens is 372 g/mol. The van der Waals surface area contributed by atoms with Gasteiger partial charge in [0.05, 0.1) is 0 Å². The van der Waals surface area contributed by atoms with Gasteiger partial charge in [0.2, 0.25) is 12.8 Å². The summed E-state index contributed by atoms with van der Waals surface area (Å²) in [5, 5.41) is 6.32. The van der Waals surface area contributed by atoms with Gasteiger partial charge in [-0.1, -0.05) is 27.7 Å². The van der Waals surface area contributed by atoms with Crippen molar-refractivity contribution in [2.45, 2.75) is 116 Å². The maximum Gasteiger partial charge on any atom is 0.207 e. The average molecular weight is 415 g/mol. The Labute approximate surface area is 182 Å². The van der Waals surface area contributed by atoms with Gasteiger partial charge in [-0.25, -0.2) is 0 Å². The van der Waals surface area contributed by atoms with Gasteiger partial charge in [-0.15, -0.1) is 0 Å². The maximum absolute atomic E-state index is 10.8. The fourth-order valence-electron chi connectivity index (χ4n) is 11.5. The molecule has 4 unspecified atom stereocenters. The van der Waals surface area contributed by atoms with Gasteiger partial charge in [-0.05, 0) is 111 Å². The summed E-state index contributed by atoms with van der Waals surface area (Å²) in [7, 11) is 0. The summed E-state index contributed by atoms with van der Waals surface area (Å²) >= 11 is 0. The molecule has 30 heavy (non-hydrogen) atoms. The molecule has 0 spiro atoms. The summed E-state index contributed by atoms with van der Waals surface area (Å²) in [6, 6.07) is 0. The number of rotatable bonds is 4. The van der Waals surface area contributed by atoms with Crippen LogP contribution in [-0.4, -0.2) is 23.9 Å². The van der Waals surface area contributed by atoms with Crippen LogP contribution in [0.1, 0.15) is 105 Å². The summed E-state index contributed by atoms with van der Waals surface area (Å²) in [5.41, 5.74) is 2.33. The highest BCUT2D eigenvalue weighted by molar-refractivity contribution is 5.49. The molecule has 8 bridgehead atoms. The lowest BCUT2D eigenvalue weighted by Crippen LogP contribution is -2.63. The highest BCUT2D eigenvalue weighted by Gasteiger charge is 2.61. The molecule has 0 aromatic rings. The molecule has 8 fully saturated rings. The van der Waals surface area contributed by atoms with E-state index in [0.29, 0.717) is 21.7 Å². The molecule has 8 saturated carbocycles. The van der Waals surface area contributed by atoms with Gasteiger partial charge in [0.1, 0.15) is 0 Å². The van der Waals surface area contributed by atoms with Gasteiger partial charge in [0.25, 0.3) is 0 Å². The molecule has 4 atom stereocenters. The Morgan fingerprint density at radius 2 is 0.833 bits per heavy atom. The molecule has 0 radical (unpaired) electrons. The predicted octanol–water partition coefficient (Wildman–Crippen LogP) is 4.96. The van der Waals surface area contributed by atoms with Gasteiger partial charge < -0.3 is 10.6 Å². The van der Waals surface area contributed by atoms with Crippen LogP contribution in [0.2, 0.25) is 0 Å². The molecule has 0 aromatic heterocycles. The summed E-state index contributed by atoms with van der Waals surface area (Å²) in [6.45, 7) is 9.71. The van der Waals surface area contributed by atoms with Crippen molar-refractivity contribution in [1.82, 2.24) is 10.6 Å². The van der Waals surface area contributed by atoms with Crippen molar-refractivity contribution in [1.29, 1.82) is 0 Å². The zero-order chi connectivity index (χ0) is 21.5. The largest absolute Gasteiger partial charge is 0.353 e. The van der Waals surface area contributed by atoms with E-state index < -0.39 is 0 Å². The Balaban J connectivity index is 0.000000128. The zero-order valence-electron chi connectivity index (χ0n) is 19.6. The van der Waals surface area contributed by atoms with Crippen LogP contribution in [0.5, 0.6) is 0 Å². The Bertz CT molecular complexity index is 649. The van der Waals surface area contributed by atoms with E-state index in [1.54, 1.807) is 0 Å². The third-order valence-electron chi connectivity index (χ3n) is 9.98. The van der Waals surface area contributed by atoms with E-state index in [9.17, 15) is 9.59 Å². The van der Waals surface area contributed by atoms with Crippen LogP contribution in [0.25, 0.3) is 0 Å². The molecule has 4 nitrogen and oxygen atoms in total. The normalized spacial score (nSPS) is 56.8. The van der Waals surface area contributed by atoms with Crippen molar-refractivity contribution in [3.05, 3.63) is 0 Å². The van der Waals surface area contributed by atoms with Crippen LogP contribution in [-0.2, 0) is 9.59 Å². The molecule has 0 aliphatic heterocycles. The number of carbonyl (C=O) groups excluding carboxylic acids is 2. The van der Waals surface area contributed by atoms with Crippen molar-refractivity contribution in [3.8, 4) is 0 Å². The first-order chi connectivity index (χ1) is 13.9. The lowest BCUT2D eigenvalue weighted by atomic mass is 9.43. The molecule has 0 saturated heterocycles. The highest BCUT2D eigenvalue weighted by Crippen LogP contribution is 2.67. The Hall–Kier alpha value is -1.06. The lowest BCUT2D eigenvalue weighted by Gasteiger charge is -2.65. The minimum absolute atomic E-state index is 0.157. The van der Waals surface area contributed by atoms with E-state index in [2.05, 4.69) is 38.3 Å². The molecule has 8 rings (SSSR count).